The maximum atomic E-state index is 13.7. The molecule has 40 heavy (non-hydrogen) atoms. The molecule has 5 rings (SSSR count). The lowest BCUT2D eigenvalue weighted by Crippen LogP contribution is -2.47. The average Bonchev–Trinajstić information content (AvgIpc) is 3.37. The molecule has 3 aromatic rings. The normalized spacial score (nSPS) is 18.2. The topological polar surface area (TPSA) is 123 Å². The highest BCUT2D eigenvalue weighted by molar-refractivity contribution is 5.75. The van der Waals surface area contributed by atoms with E-state index in [1.807, 2.05) is 17.0 Å². The van der Waals surface area contributed by atoms with Gasteiger partial charge < -0.3 is 15.5 Å². The van der Waals surface area contributed by atoms with E-state index in [0.29, 0.717) is 43.2 Å². The second kappa shape index (κ2) is 12.2. The molecule has 0 bridgehead atoms. The molecule has 214 valence electrons. The van der Waals surface area contributed by atoms with Crippen molar-refractivity contribution in [1.29, 1.82) is 0 Å². The molecule has 0 radical (unpaired) electrons. The molecule has 0 unspecified atom stereocenters. The Balaban J connectivity index is 1.31. The maximum Gasteiger partial charge on any atom is 0.332 e. The third-order valence-electron chi connectivity index (χ3n) is 7.98. The molecule has 2 fully saturated rings. The van der Waals surface area contributed by atoms with Gasteiger partial charge >= 0.3 is 5.69 Å². The van der Waals surface area contributed by atoms with Crippen molar-refractivity contribution >= 4 is 23.1 Å². The minimum atomic E-state index is -0.344. The molecule has 2 aliphatic rings. The van der Waals surface area contributed by atoms with Crippen LogP contribution in [-0.4, -0.2) is 85.4 Å². The fourth-order valence-electron chi connectivity index (χ4n) is 5.62. The van der Waals surface area contributed by atoms with E-state index < -0.39 is 0 Å². The number of hydrogen-bond donors (Lipinski definition) is 1. The quantitative estimate of drug-likeness (QED) is 0.399. The monoisotopic (exact) mass is 548 g/mol. The Morgan fingerprint density at radius 1 is 1.02 bits per heavy atom. The molecule has 2 aliphatic heterocycles. The summed E-state index contributed by atoms with van der Waals surface area (Å²) in [7, 11) is 1.68. The number of rotatable bonds is 8. The van der Waals surface area contributed by atoms with E-state index in [1.165, 1.54) is 9.13 Å². The van der Waals surface area contributed by atoms with Gasteiger partial charge in [-0.25, -0.2) is 14.8 Å². The van der Waals surface area contributed by atoms with Gasteiger partial charge in [0.25, 0.3) is 5.56 Å². The molecule has 1 atom stereocenters. The zero-order valence-electron chi connectivity index (χ0n) is 23.8. The summed E-state index contributed by atoms with van der Waals surface area (Å²) in [6.45, 7) is 10.3. The fourth-order valence-corrected chi connectivity index (χ4v) is 5.62. The van der Waals surface area contributed by atoms with Crippen LogP contribution in [0.1, 0.15) is 38.7 Å². The molecule has 0 aliphatic carbocycles. The number of nitrogens with two attached hydrogens (primary N) is 1. The zero-order chi connectivity index (χ0) is 28.2. The van der Waals surface area contributed by atoms with Crippen molar-refractivity contribution in [3.8, 4) is 11.8 Å². The van der Waals surface area contributed by atoms with Crippen molar-refractivity contribution in [3.05, 3.63) is 38.8 Å². The van der Waals surface area contributed by atoms with Crippen molar-refractivity contribution in [2.75, 3.05) is 55.6 Å². The first-order valence-corrected chi connectivity index (χ1v) is 14.3. The summed E-state index contributed by atoms with van der Waals surface area (Å²) in [5, 5.41) is 0. The second-order valence-corrected chi connectivity index (χ2v) is 10.7. The Morgan fingerprint density at radius 3 is 2.45 bits per heavy atom. The van der Waals surface area contributed by atoms with E-state index in [2.05, 4.69) is 43.4 Å². The summed E-state index contributed by atoms with van der Waals surface area (Å²) in [6, 6.07) is 0.0516. The van der Waals surface area contributed by atoms with Gasteiger partial charge in [0.05, 0.1) is 6.54 Å². The van der Waals surface area contributed by atoms with Crippen LogP contribution in [0.15, 0.2) is 22.0 Å². The Bertz CT molecular complexity index is 1500. The maximum absolute atomic E-state index is 13.7. The van der Waals surface area contributed by atoms with Gasteiger partial charge in [-0.15, -0.1) is 5.92 Å². The summed E-state index contributed by atoms with van der Waals surface area (Å²) in [4.78, 5) is 47.5. The summed E-state index contributed by atoms with van der Waals surface area (Å²) in [5.41, 5.74) is 7.53. The summed E-state index contributed by atoms with van der Waals surface area (Å²) < 4.78 is 4.70. The van der Waals surface area contributed by atoms with Crippen LogP contribution in [0, 0.1) is 11.8 Å². The first-order valence-electron chi connectivity index (χ1n) is 14.3. The largest absolute Gasteiger partial charge is 0.341 e. The predicted molar refractivity (Wildman–Crippen MR) is 157 cm³/mol. The Labute approximate surface area is 234 Å². The van der Waals surface area contributed by atoms with Crippen LogP contribution < -0.4 is 26.8 Å². The first-order chi connectivity index (χ1) is 19.4. The minimum absolute atomic E-state index is 0.0516. The Kier molecular flexibility index (Phi) is 8.52. The number of hydrogen-bond acceptors (Lipinski definition) is 9. The molecule has 0 amide bonds. The predicted octanol–water partition coefficient (Wildman–Crippen LogP) is 0.412. The fraction of sp³-hybridized carbons (Fsp3) is 0.607. The van der Waals surface area contributed by atoms with Crippen molar-refractivity contribution in [2.45, 2.75) is 58.7 Å². The molecule has 5 heterocycles. The van der Waals surface area contributed by atoms with Gasteiger partial charge in [0, 0.05) is 71.3 Å². The van der Waals surface area contributed by atoms with Gasteiger partial charge in [0.1, 0.15) is 0 Å². The molecule has 3 aromatic heterocycles. The molecule has 0 saturated carbocycles. The number of fused-ring (bicyclic) bond motifs is 1. The Hall–Kier alpha value is -3.69. The van der Waals surface area contributed by atoms with E-state index in [1.54, 1.807) is 14.0 Å². The molecule has 0 aromatic carbocycles. The van der Waals surface area contributed by atoms with Gasteiger partial charge in [-0.3, -0.25) is 23.4 Å². The molecule has 2 N–H and O–H groups in total. The highest BCUT2D eigenvalue weighted by atomic mass is 16.2. The third-order valence-corrected chi connectivity index (χ3v) is 7.98. The lowest BCUT2D eigenvalue weighted by molar-refractivity contribution is 0.248. The number of anilines is 2. The van der Waals surface area contributed by atoms with Crippen molar-refractivity contribution in [1.82, 2.24) is 33.6 Å². The lowest BCUT2D eigenvalue weighted by Gasteiger charge is -2.34. The zero-order valence-corrected chi connectivity index (χ0v) is 23.8. The number of imidazole rings is 1. The molecule has 0 spiro atoms. The Morgan fingerprint density at radius 2 is 1.77 bits per heavy atom. The molecule has 12 nitrogen and oxygen atoms in total. The van der Waals surface area contributed by atoms with Gasteiger partial charge in [0.2, 0.25) is 11.9 Å². The van der Waals surface area contributed by atoms with Crippen molar-refractivity contribution < 1.29 is 0 Å². The smallest absolute Gasteiger partial charge is 0.332 e. The van der Waals surface area contributed by atoms with Crippen LogP contribution in [0.5, 0.6) is 0 Å². The van der Waals surface area contributed by atoms with Gasteiger partial charge in [0.15, 0.2) is 11.2 Å². The number of nitrogens with zero attached hydrogens (tertiary/aromatic N) is 9. The van der Waals surface area contributed by atoms with Crippen molar-refractivity contribution in [3.63, 3.8) is 0 Å². The first kappa shape index (κ1) is 27.9. The minimum Gasteiger partial charge on any atom is -0.341 e. The summed E-state index contributed by atoms with van der Waals surface area (Å²) in [6.07, 6.45) is 7.34. The van der Waals surface area contributed by atoms with Crippen LogP contribution >= 0.6 is 0 Å². The van der Waals surface area contributed by atoms with Gasteiger partial charge in [-0.05, 0) is 44.7 Å². The second-order valence-electron chi connectivity index (χ2n) is 10.7. The number of aryl methyl sites for hydroxylation is 2. The van der Waals surface area contributed by atoms with Crippen LogP contribution in [0.3, 0.4) is 0 Å². The highest BCUT2D eigenvalue weighted by Crippen LogP contribution is 2.23. The van der Waals surface area contributed by atoms with Crippen molar-refractivity contribution in [2.24, 2.45) is 12.8 Å². The number of piperazine rings is 1. The van der Waals surface area contributed by atoms with E-state index in [9.17, 15) is 9.59 Å². The van der Waals surface area contributed by atoms with Crippen LogP contribution in [0.2, 0.25) is 0 Å². The van der Waals surface area contributed by atoms with Crippen LogP contribution in [-0.2, 0) is 26.6 Å². The lowest BCUT2D eigenvalue weighted by atomic mass is 10.1. The molecular weight excluding hydrogens is 508 g/mol. The van der Waals surface area contributed by atoms with Gasteiger partial charge in [-0.2, -0.15) is 4.98 Å². The summed E-state index contributed by atoms with van der Waals surface area (Å²) >= 11 is 0. The SMILES string of the molecule is CC#CCn1c(N2CCC[C@@H](N)C2)nc2c1c(=O)n(CCCN1CCN(c3ncc(CC)cn3)CC1)c(=O)n2C. The van der Waals surface area contributed by atoms with Gasteiger partial charge in [-0.1, -0.05) is 12.8 Å². The molecule has 2 saturated heterocycles. The van der Waals surface area contributed by atoms with E-state index in [0.717, 1.165) is 70.0 Å². The highest BCUT2D eigenvalue weighted by Gasteiger charge is 2.26. The van der Waals surface area contributed by atoms with E-state index in [-0.39, 0.29) is 17.3 Å². The van der Waals surface area contributed by atoms with E-state index >= 15 is 0 Å². The number of aromatic nitrogens is 6. The molecule has 12 heteroatoms. The molecular formula is C28H40N10O2. The van der Waals surface area contributed by atoms with Crippen LogP contribution in [0.4, 0.5) is 11.9 Å². The van der Waals surface area contributed by atoms with Crippen LogP contribution in [0.25, 0.3) is 11.2 Å². The average molecular weight is 549 g/mol. The summed E-state index contributed by atoms with van der Waals surface area (Å²) in [5.74, 6) is 7.43. The third kappa shape index (κ3) is 5.62. The number of piperidine rings is 1. The standard InChI is InChI=1S/C28H40N10O2/c1-4-6-12-37-23-24(32-27(37)36-11-7-9-22(29)20-36)33(3)28(40)38(25(23)39)13-8-10-34-14-16-35(17-15-34)26-30-18-21(5-2)19-31-26/h18-19,22H,5,7-17,20,29H2,1-3H3/t22-/m1/s1. The van der Waals surface area contributed by atoms with E-state index in [4.69, 9.17) is 10.7 Å².